The van der Waals surface area contributed by atoms with Crippen LogP contribution in [0, 0.1) is 12.7 Å². The van der Waals surface area contributed by atoms with Gasteiger partial charge in [0, 0.05) is 12.2 Å². The molecule has 0 aliphatic carbocycles. The third kappa shape index (κ3) is 3.53. The van der Waals surface area contributed by atoms with E-state index in [2.05, 4.69) is 5.32 Å². The summed E-state index contributed by atoms with van der Waals surface area (Å²) in [5.41, 5.74) is 0.752. The van der Waals surface area contributed by atoms with E-state index in [4.69, 9.17) is 5.11 Å². The molecule has 16 heavy (non-hydrogen) atoms. The summed E-state index contributed by atoms with van der Waals surface area (Å²) in [6.45, 7) is 1.72. The van der Waals surface area contributed by atoms with Crippen LogP contribution in [0.4, 0.5) is 10.1 Å². The summed E-state index contributed by atoms with van der Waals surface area (Å²) < 4.78 is 13.3. The second kappa shape index (κ2) is 5.06. The monoisotopic (exact) mass is 223 g/mol. The fourth-order valence-electron chi connectivity index (χ4n) is 1.04. The number of carbonyl (C=O) groups is 2. The number of carboxylic acids is 1. The molecule has 1 rings (SSSR count). The maximum atomic E-state index is 13.3. The van der Waals surface area contributed by atoms with E-state index in [0.29, 0.717) is 6.08 Å². The van der Waals surface area contributed by atoms with Crippen LogP contribution in [-0.4, -0.2) is 17.0 Å². The highest BCUT2D eigenvalue weighted by Gasteiger charge is 2.04. The van der Waals surface area contributed by atoms with Crippen LogP contribution in [0.25, 0.3) is 0 Å². The Morgan fingerprint density at radius 2 is 2.06 bits per heavy atom. The Morgan fingerprint density at radius 1 is 1.38 bits per heavy atom. The SMILES string of the molecule is Cc1ccc(NC(=O)/C=C/C(=O)O)c(F)c1. The predicted octanol–water partition coefficient (Wildman–Crippen LogP) is 1.71. The lowest BCUT2D eigenvalue weighted by atomic mass is 10.2. The summed E-state index contributed by atoms with van der Waals surface area (Å²) in [5, 5.41) is 10.5. The molecule has 0 bridgehead atoms. The average molecular weight is 223 g/mol. The Hall–Kier alpha value is -2.17. The van der Waals surface area contributed by atoms with Crippen molar-refractivity contribution in [2.75, 3.05) is 5.32 Å². The number of aliphatic carboxylic acids is 1. The topological polar surface area (TPSA) is 66.4 Å². The molecule has 5 heteroatoms. The van der Waals surface area contributed by atoms with Crippen LogP contribution in [0.2, 0.25) is 0 Å². The van der Waals surface area contributed by atoms with Gasteiger partial charge in [-0.15, -0.1) is 0 Å². The summed E-state index contributed by atoms with van der Waals surface area (Å²) in [7, 11) is 0. The first-order valence-corrected chi connectivity index (χ1v) is 4.47. The van der Waals surface area contributed by atoms with Gasteiger partial charge < -0.3 is 10.4 Å². The van der Waals surface area contributed by atoms with Crippen molar-refractivity contribution in [3.8, 4) is 0 Å². The maximum absolute atomic E-state index is 13.3. The third-order valence-electron chi connectivity index (χ3n) is 1.76. The minimum atomic E-state index is -1.24. The highest BCUT2D eigenvalue weighted by atomic mass is 19.1. The van der Waals surface area contributed by atoms with Gasteiger partial charge >= 0.3 is 5.97 Å². The molecule has 0 saturated carbocycles. The van der Waals surface area contributed by atoms with E-state index in [0.717, 1.165) is 11.6 Å². The first kappa shape index (κ1) is 11.9. The van der Waals surface area contributed by atoms with Crippen molar-refractivity contribution in [1.82, 2.24) is 0 Å². The van der Waals surface area contributed by atoms with Gasteiger partial charge in [-0.05, 0) is 24.6 Å². The van der Waals surface area contributed by atoms with Gasteiger partial charge in [0.1, 0.15) is 5.82 Å². The smallest absolute Gasteiger partial charge is 0.328 e. The Bertz CT molecular complexity index is 455. The number of benzene rings is 1. The molecular weight excluding hydrogens is 213 g/mol. The number of hydrogen-bond donors (Lipinski definition) is 2. The molecule has 0 aliphatic rings. The van der Waals surface area contributed by atoms with E-state index in [1.807, 2.05) is 0 Å². The quantitative estimate of drug-likeness (QED) is 0.766. The number of halogens is 1. The number of nitrogens with one attached hydrogen (secondary N) is 1. The Morgan fingerprint density at radius 3 is 2.62 bits per heavy atom. The van der Waals surface area contributed by atoms with Crippen molar-refractivity contribution in [2.24, 2.45) is 0 Å². The van der Waals surface area contributed by atoms with Crippen molar-refractivity contribution < 1.29 is 19.1 Å². The van der Waals surface area contributed by atoms with Crippen molar-refractivity contribution in [1.29, 1.82) is 0 Å². The molecular formula is C11H10FNO3. The van der Waals surface area contributed by atoms with Gasteiger partial charge in [-0.3, -0.25) is 4.79 Å². The summed E-state index contributed by atoms with van der Waals surface area (Å²) in [5.74, 6) is -2.48. The number of rotatable bonds is 3. The largest absolute Gasteiger partial charge is 0.478 e. The van der Waals surface area contributed by atoms with E-state index in [1.54, 1.807) is 13.0 Å². The molecule has 1 aromatic rings. The van der Waals surface area contributed by atoms with E-state index in [1.165, 1.54) is 12.1 Å². The molecule has 0 heterocycles. The lowest BCUT2D eigenvalue weighted by Crippen LogP contribution is -2.10. The lowest BCUT2D eigenvalue weighted by Gasteiger charge is -2.03. The van der Waals surface area contributed by atoms with Crippen LogP contribution >= 0.6 is 0 Å². The fourth-order valence-corrected chi connectivity index (χ4v) is 1.04. The standard InChI is InChI=1S/C11H10FNO3/c1-7-2-3-9(8(12)6-7)13-10(14)4-5-11(15)16/h2-6H,1H3,(H,13,14)(H,15,16)/b5-4+. The maximum Gasteiger partial charge on any atom is 0.328 e. The van der Waals surface area contributed by atoms with Crippen molar-refractivity contribution in [3.05, 3.63) is 41.7 Å². The van der Waals surface area contributed by atoms with E-state index in [9.17, 15) is 14.0 Å². The highest BCUT2D eigenvalue weighted by molar-refractivity contribution is 6.02. The molecule has 2 N–H and O–H groups in total. The Balaban J connectivity index is 2.73. The Labute approximate surface area is 91.4 Å². The predicted molar refractivity (Wildman–Crippen MR) is 56.5 cm³/mol. The molecule has 1 amide bonds. The van der Waals surface area contributed by atoms with Crippen molar-refractivity contribution >= 4 is 17.6 Å². The number of carboxylic acid groups (broad SMARTS) is 1. The zero-order valence-electron chi connectivity index (χ0n) is 8.53. The second-order valence-corrected chi connectivity index (χ2v) is 3.14. The van der Waals surface area contributed by atoms with E-state index < -0.39 is 17.7 Å². The van der Waals surface area contributed by atoms with Crippen LogP contribution in [0.5, 0.6) is 0 Å². The highest BCUT2D eigenvalue weighted by Crippen LogP contribution is 2.14. The molecule has 84 valence electrons. The Kier molecular flexibility index (Phi) is 3.77. The summed E-state index contributed by atoms with van der Waals surface area (Å²) >= 11 is 0. The van der Waals surface area contributed by atoms with Crippen LogP contribution in [0.15, 0.2) is 30.4 Å². The van der Waals surface area contributed by atoms with Crippen molar-refractivity contribution in [2.45, 2.75) is 6.92 Å². The normalized spacial score (nSPS) is 10.4. The van der Waals surface area contributed by atoms with Gasteiger partial charge in [-0.2, -0.15) is 0 Å². The van der Waals surface area contributed by atoms with Gasteiger partial charge in [0.25, 0.3) is 0 Å². The molecule has 0 atom stereocenters. The van der Waals surface area contributed by atoms with Crippen LogP contribution in [-0.2, 0) is 9.59 Å². The second-order valence-electron chi connectivity index (χ2n) is 3.14. The molecule has 0 spiro atoms. The van der Waals surface area contributed by atoms with Crippen LogP contribution in [0.1, 0.15) is 5.56 Å². The molecule has 1 aromatic carbocycles. The number of hydrogen-bond acceptors (Lipinski definition) is 2. The van der Waals surface area contributed by atoms with Crippen molar-refractivity contribution in [3.63, 3.8) is 0 Å². The molecule has 0 radical (unpaired) electrons. The summed E-state index contributed by atoms with van der Waals surface area (Å²) in [6, 6.07) is 4.33. The first-order chi connectivity index (χ1) is 7.49. The number of aryl methyl sites for hydroxylation is 1. The van der Waals surface area contributed by atoms with E-state index in [-0.39, 0.29) is 5.69 Å². The summed E-state index contributed by atoms with van der Waals surface area (Å²) in [6.07, 6.45) is 1.50. The minimum absolute atomic E-state index is 0.0191. The molecule has 0 aromatic heterocycles. The van der Waals surface area contributed by atoms with Gasteiger partial charge in [0.05, 0.1) is 5.69 Å². The van der Waals surface area contributed by atoms with Gasteiger partial charge in [0.2, 0.25) is 5.91 Å². The average Bonchev–Trinajstić information content (AvgIpc) is 2.19. The molecule has 0 aliphatic heterocycles. The third-order valence-corrected chi connectivity index (χ3v) is 1.76. The number of anilines is 1. The van der Waals surface area contributed by atoms with Crippen LogP contribution in [0.3, 0.4) is 0 Å². The first-order valence-electron chi connectivity index (χ1n) is 4.47. The number of amides is 1. The van der Waals surface area contributed by atoms with Gasteiger partial charge in [0.15, 0.2) is 0 Å². The van der Waals surface area contributed by atoms with Gasteiger partial charge in [-0.1, -0.05) is 6.07 Å². The zero-order chi connectivity index (χ0) is 12.1. The summed E-state index contributed by atoms with van der Waals surface area (Å²) in [4.78, 5) is 21.3. The molecule has 0 saturated heterocycles. The zero-order valence-corrected chi connectivity index (χ0v) is 8.53. The number of carbonyl (C=O) groups excluding carboxylic acids is 1. The molecule has 0 fully saturated rings. The minimum Gasteiger partial charge on any atom is -0.478 e. The van der Waals surface area contributed by atoms with E-state index >= 15 is 0 Å². The van der Waals surface area contributed by atoms with Crippen LogP contribution < -0.4 is 5.32 Å². The lowest BCUT2D eigenvalue weighted by molar-refractivity contribution is -0.131. The fraction of sp³-hybridized carbons (Fsp3) is 0.0909. The molecule has 4 nitrogen and oxygen atoms in total. The van der Waals surface area contributed by atoms with Gasteiger partial charge in [-0.25, -0.2) is 9.18 Å². The molecule has 0 unspecified atom stereocenters.